The number of aromatic amines is 2. The Labute approximate surface area is 184 Å². The second kappa shape index (κ2) is 7.81. The quantitative estimate of drug-likeness (QED) is 0.386. The van der Waals surface area contributed by atoms with Gasteiger partial charge in [-0.1, -0.05) is 19.3 Å². The van der Waals surface area contributed by atoms with Crippen molar-refractivity contribution in [2.24, 2.45) is 5.92 Å². The topological polar surface area (TPSA) is 69.4 Å². The Bertz CT molecular complexity index is 1250. The van der Waals surface area contributed by atoms with Gasteiger partial charge in [-0.3, -0.25) is 10.4 Å². The van der Waals surface area contributed by atoms with Gasteiger partial charge in [0.2, 0.25) is 0 Å². The molecule has 2 aliphatic rings. The molecule has 1 aliphatic carbocycles. The molecule has 7 heteroatoms. The highest BCUT2D eigenvalue weighted by molar-refractivity contribution is 5.85. The number of hydrogen-bond acceptors (Lipinski definition) is 3. The first kappa shape index (κ1) is 19.6. The molecule has 0 radical (unpaired) electrons. The molecule has 5 nitrogen and oxygen atoms in total. The largest absolute Gasteiger partial charge is 0.357 e. The molecule has 3 N–H and O–H groups in total. The third-order valence-corrected chi connectivity index (χ3v) is 7.06. The summed E-state index contributed by atoms with van der Waals surface area (Å²) in [7, 11) is 0. The molecule has 4 aromatic rings. The molecule has 2 unspecified atom stereocenters. The predicted octanol–water partition coefficient (Wildman–Crippen LogP) is 5.74. The number of nitrogens with zero attached hydrogens (tertiary/aromatic N) is 2. The fraction of sp³-hybridized carbons (Fsp3) is 0.360. The minimum absolute atomic E-state index is 0.0276. The van der Waals surface area contributed by atoms with E-state index in [2.05, 4.69) is 20.5 Å². The zero-order valence-electron chi connectivity index (χ0n) is 17.7. The Morgan fingerprint density at radius 3 is 2.50 bits per heavy atom. The summed E-state index contributed by atoms with van der Waals surface area (Å²) in [6, 6.07) is 11.3. The Balaban J connectivity index is 1.38. The van der Waals surface area contributed by atoms with Gasteiger partial charge < -0.3 is 4.98 Å². The molecule has 1 fully saturated rings. The summed E-state index contributed by atoms with van der Waals surface area (Å²) in [6.45, 7) is 0. The second-order valence-electron chi connectivity index (χ2n) is 9.06. The predicted molar refractivity (Wildman–Crippen MR) is 119 cm³/mol. The van der Waals surface area contributed by atoms with Crippen LogP contribution in [0.15, 0.2) is 42.5 Å². The number of aromatic nitrogens is 4. The first-order valence-corrected chi connectivity index (χ1v) is 11.4. The highest BCUT2D eigenvalue weighted by atomic mass is 19.1. The van der Waals surface area contributed by atoms with Crippen LogP contribution in [-0.4, -0.2) is 20.2 Å². The van der Waals surface area contributed by atoms with E-state index < -0.39 is 0 Å². The van der Waals surface area contributed by atoms with Gasteiger partial charge in [-0.25, -0.2) is 13.8 Å². The first-order chi connectivity index (χ1) is 15.7. The first-order valence-electron chi connectivity index (χ1n) is 11.4. The van der Waals surface area contributed by atoms with Crippen LogP contribution in [0.2, 0.25) is 0 Å². The van der Waals surface area contributed by atoms with Crippen molar-refractivity contribution in [3.63, 3.8) is 0 Å². The lowest BCUT2D eigenvalue weighted by molar-refractivity contribution is 0.236. The molecule has 2 atom stereocenters. The van der Waals surface area contributed by atoms with Crippen molar-refractivity contribution in [2.45, 2.75) is 50.6 Å². The van der Waals surface area contributed by atoms with E-state index in [1.807, 2.05) is 6.07 Å². The van der Waals surface area contributed by atoms with E-state index in [4.69, 9.17) is 4.98 Å². The maximum Gasteiger partial charge on any atom is 0.181 e. The maximum absolute atomic E-state index is 13.9. The Kier molecular flexibility index (Phi) is 4.79. The molecule has 32 heavy (non-hydrogen) atoms. The van der Waals surface area contributed by atoms with Gasteiger partial charge >= 0.3 is 0 Å². The number of nitrogens with one attached hydrogen (secondary N) is 3. The summed E-state index contributed by atoms with van der Waals surface area (Å²) >= 11 is 0. The van der Waals surface area contributed by atoms with Gasteiger partial charge in [0.15, 0.2) is 5.82 Å². The number of rotatable bonds is 3. The number of halogens is 2. The van der Waals surface area contributed by atoms with Gasteiger partial charge in [-0.2, -0.15) is 5.10 Å². The smallest absolute Gasteiger partial charge is 0.181 e. The van der Waals surface area contributed by atoms with Crippen molar-refractivity contribution in [2.75, 3.05) is 0 Å². The molecule has 6 rings (SSSR count). The Hall–Kier alpha value is -3.06. The van der Waals surface area contributed by atoms with E-state index in [1.165, 1.54) is 61.6 Å². The average molecular weight is 434 g/mol. The molecule has 0 amide bonds. The number of fused-ring (bicyclic) bond motifs is 3. The lowest BCUT2D eigenvalue weighted by Crippen LogP contribution is -2.38. The van der Waals surface area contributed by atoms with Crippen LogP contribution in [0.3, 0.4) is 0 Å². The van der Waals surface area contributed by atoms with Gasteiger partial charge in [-0.15, -0.1) is 0 Å². The van der Waals surface area contributed by atoms with Crippen molar-refractivity contribution >= 4 is 10.9 Å². The fourth-order valence-corrected chi connectivity index (χ4v) is 5.47. The van der Waals surface area contributed by atoms with Crippen molar-refractivity contribution in [1.82, 2.24) is 25.5 Å². The number of hydrogen-bond donors (Lipinski definition) is 3. The van der Waals surface area contributed by atoms with Crippen LogP contribution in [0.4, 0.5) is 8.78 Å². The molecule has 0 bridgehead atoms. The van der Waals surface area contributed by atoms with Crippen molar-refractivity contribution in [1.29, 1.82) is 0 Å². The van der Waals surface area contributed by atoms with Crippen LogP contribution >= 0.6 is 0 Å². The monoisotopic (exact) mass is 433 g/mol. The van der Waals surface area contributed by atoms with Crippen LogP contribution in [0, 0.1) is 17.6 Å². The summed E-state index contributed by atoms with van der Waals surface area (Å²) in [6.07, 6.45) is 6.89. The average Bonchev–Trinajstić information content (AvgIpc) is 3.44. The summed E-state index contributed by atoms with van der Waals surface area (Å²) in [5, 5.41) is 12.4. The molecule has 2 aromatic carbocycles. The normalized spacial score (nSPS) is 21.7. The molecule has 3 heterocycles. The maximum atomic E-state index is 13.9. The van der Waals surface area contributed by atoms with E-state index in [0.717, 1.165) is 28.7 Å². The van der Waals surface area contributed by atoms with E-state index >= 15 is 0 Å². The van der Waals surface area contributed by atoms with E-state index in [1.54, 1.807) is 18.2 Å². The van der Waals surface area contributed by atoms with Gasteiger partial charge in [-0.05, 0) is 73.2 Å². The van der Waals surface area contributed by atoms with Crippen LogP contribution in [0.5, 0.6) is 0 Å². The summed E-state index contributed by atoms with van der Waals surface area (Å²) in [4.78, 5) is 8.27. The van der Waals surface area contributed by atoms with E-state index in [0.29, 0.717) is 11.7 Å². The highest BCUT2D eigenvalue weighted by Gasteiger charge is 2.36. The lowest BCUT2D eigenvalue weighted by Gasteiger charge is -2.37. The fourth-order valence-electron chi connectivity index (χ4n) is 5.47. The third-order valence-electron chi connectivity index (χ3n) is 7.06. The summed E-state index contributed by atoms with van der Waals surface area (Å²) in [5.74, 6) is 1.35. The molecular weight excluding hydrogens is 408 g/mol. The van der Waals surface area contributed by atoms with Crippen LogP contribution < -0.4 is 5.32 Å². The lowest BCUT2D eigenvalue weighted by atomic mass is 9.79. The molecule has 2 aromatic heterocycles. The SMILES string of the molecule is Fc1ccc(-c2n[nH]c(C3Cc4c([nH]c5cc(F)ccc45)C(C4CCCCC4)N3)n2)cc1. The zero-order chi connectivity index (χ0) is 21.7. The van der Waals surface area contributed by atoms with Crippen LogP contribution in [0.25, 0.3) is 22.3 Å². The second-order valence-corrected chi connectivity index (χ2v) is 9.06. The minimum atomic E-state index is -0.280. The molecular formula is C25H25F2N5. The van der Waals surface area contributed by atoms with Crippen molar-refractivity contribution in [3.05, 3.63) is 71.2 Å². The molecule has 1 saturated carbocycles. The number of H-pyrrole nitrogens is 2. The zero-order valence-corrected chi connectivity index (χ0v) is 17.7. The third kappa shape index (κ3) is 3.41. The molecule has 0 spiro atoms. The molecule has 1 aliphatic heterocycles. The highest BCUT2D eigenvalue weighted by Crippen LogP contribution is 2.43. The number of benzene rings is 2. The van der Waals surface area contributed by atoms with Gasteiger partial charge in [0.25, 0.3) is 0 Å². The molecule has 0 saturated heterocycles. The minimum Gasteiger partial charge on any atom is -0.357 e. The van der Waals surface area contributed by atoms with Crippen LogP contribution in [-0.2, 0) is 6.42 Å². The Morgan fingerprint density at radius 2 is 1.69 bits per heavy atom. The van der Waals surface area contributed by atoms with Gasteiger partial charge in [0.1, 0.15) is 17.5 Å². The van der Waals surface area contributed by atoms with E-state index in [-0.39, 0.29) is 23.7 Å². The summed E-state index contributed by atoms with van der Waals surface area (Å²) in [5.41, 5.74) is 4.05. The Morgan fingerprint density at radius 1 is 0.906 bits per heavy atom. The van der Waals surface area contributed by atoms with Crippen molar-refractivity contribution in [3.8, 4) is 11.4 Å². The van der Waals surface area contributed by atoms with Gasteiger partial charge in [0.05, 0.1) is 12.1 Å². The van der Waals surface area contributed by atoms with Gasteiger partial charge in [0, 0.05) is 22.2 Å². The van der Waals surface area contributed by atoms with Crippen molar-refractivity contribution < 1.29 is 8.78 Å². The van der Waals surface area contributed by atoms with Crippen LogP contribution in [0.1, 0.15) is 61.3 Å². The standard InChI is InChI=1S/C25H25F2N5/c26-16-8-6-15(7-9-16)24-30-25(32-31-24)21-13-19-18-11-10-17(27)12-20(18)28-23(19)22(29-21)14-4-2-1-3-5-14/h6-12,14,21-22,28-29H,1-5,13H2,(H,30,31,32). The van der Waals surface area contributed by atoms with E-state index in [9.17, 15) is 8.78 Å². The molecule has 164 valence electrons. The summed E-state index contributed by atoms with van der Waals surface area (Å²) < 4.78 is 27.2.